The highest BCUT2D eigenvalue weighted by Gasteiger charge is 2.17. The molecule has 0 fully saturated rings. The highest BCUT2D eigenvalue weighted by molar-refractivity contribution is 5.78. The lowest BCUT2D eigenvalue weighted by Gasteiger charge is -2.18. The van der Waals surface area contributed by atoms with Crippen LogP contribution in [0.2, 0.25) is 0 Å². The Morgan fingerprint density at radius 2 is 2.21 bits per heavy atom. The molecular weight excluding hydrogens is 246 g/mol. The first-order valence-corrected chi connectivity index (χ1v) is 6.54. The molecule has 1 rings (SSSR count). The van der Waals surface area contributed by atoms with E-state index in [-0.39, 0.29) is 11.8 Å². The van der Waals surface area contributed by atoms with Gasteiger partial charge in [0.25, 0.3) is 0 Å². The number of nitrogens with zero attached hydrogens (tertiary/aromatic N) is 3. The second-order valence-corrected chi connectivity index (χ2v) is 4.55. The minimum absolute atomic E-state index is 0.00352. The largest absolute Gasteiger partial charge is 0.407 e. The van der Waals surface area contributed by atoms with Crippen molar-refractivity contribution in [3.05, 3.63) is 5.89 Å². The van der Waals surface area contributed by atoms with Gasteiger partial charge >= 0.3 is 6.01 Å². The number of carbonyl (C=O) groups is 1. The van der Waals surface area contributed by atoms with Crippen molar-refractivity contribution in [2.24, 2.45) is 5.92 Å². The molecule has 7 heteroatoms. The van der Waals surface area contributed by atoms with Gasteiger partial charge in [-0.3, -0.25) is 4.79 Å². The maximum absolute atomic E-state index is 11.4. The van der Waals surface area contributed by atoms with E-state index < -0.39 is 0 Å². The molecule has 0 aliphatic rings. The van der Waals surface area contributed by atoms with Crippen LogP contribution in [-0.4, -0.2) is 43.3 Å². The Kier molecular flexibility index (Phi) is 6.27. The Morgan fingerprint density at radius 3 is 2.84 bits per heavy atom. The van der Waals surface area contributed by atoms with E-state index in [1.165, 1.54) is 0 Å². The van der Waals surface area contributed by atoms with Crippen molar-refractivity contribution in [2.75, 3.05) is 32.1 Å². The molecule has 1 aromatic rings. The Labute approximate surface area is 113 Å². The number of rotatable bonds is 8. The smallest absolute Gasteiger partial charge is 0.317 e. The molecule has 0 saturated carbocycles. The maximum Gasteiger partial charge on any atom is 0.317 e. The first-order chi connectivity index (χ1) is 9.08. The number of hydrogen-bond donors (Lipinski definition) is 2. The van der Waals surface area contributed by atoms with Gasteiger partial charge in [0, 0.05) is 20.6 Å². The Bertz CT molecular complexity index is 393. The Morgan fingerprint density at radius 1 is 1.47 bits per heavy atom. The molecule has 0 saturated heterocycles. The van der Waals surface area contributed by atoms with Crippen LogP contribution < -0.4 is 15.5 Å². The molecule has 1 aromatic heterocycles. The van der Waals surface area contributed by atoms with Gasteiger partial charge in [-0.1, -0.05) is 18.9 Å². The molecule has 0 radical (unpaired) electrons. The molecule has 0 spiro atoms. The van der Waals surface area contributed by atoms with E-state index in [9.17, 15) is 4.79 Å². The fraction of sp³-hybridized carbons (Fsp3) is 0.750. The van der Waals surface area contributed by atoms with Gasteiger partial charge < -0.3 is 20.0 Å². The lowest BCUT2D eigenvalue weighted by atomic mass is 10.1. The summed E-state index contributed by atoms with van der Waals surface area (Å²) in [4.78, 5) is 13.2. The number of hydrogen-bond acceptors (Lipinski definition) is 6. The van der Waals surface area contributed by atoms with Crippen molar-refractivity contribution in [1.82, 2.24) is 20.8 Å². The fourth-order valence-corrected chi connectivity index (χ4v) is 1.66. The van der Waals surface area contributed by atoms with E-state index >= 15 is 0 Å². The van der Waals surface area contributed by atoms with Crippen molar-refractivity contribution in [3.63, 3.8) is 0 Å². The zero-order chi connectivity index (χ0) is 14.3. The van der Waals surface area contributed by atoms with Crippen molar-refractivity contribution in [3.8, 4) is 0 Å². The summed E-state index contributed by atoms with van der Waals surface area (Å²) in [6.45, 7) is 5.97. The molecule has 0 aliphatic heterocycles. The minimum atomic E-state index is -0.136. The van der Waals surface area contributed by atoms with Crippen LogP contribution in [0.4, 0.5) is 6.01 Å². The predicted molar refractivity (Wildman–Crippen MR) is 72.8 cm³/mol. The average molecular weight is 269 g/mol. The zero-order valence-corrected chi connectivity index (χ0v) is 12.1. The fourth-order valence-electron chi connectivity index (χ4n) is 1.66. The van der Waals surface area contributed by atoms with Crippen molar-refractivity contribution in [1.29, 1.82) is 0 Å². The molecule has 19 heavy (non-hydrogen) atoms. The molecule has 1 amide bonds. The number of carbonyl (C=O) groups excluding carboxylic acids is 1. The monoisotopic (exact) mass is 269 g/mol. The molecule has 0 aliphatic carbocycles. The van der Waals surface area contributed by atoms with E-state index in [2.05, 4.69) is 27.8 Å². The van der Waals surface area contributed by atoms with E-state index in [4.69, 9.17) is 4.42 Å². The second-order valence-electron chi connectivity index (χ2n) is 4.55. The van der Waals surface area contributed by atoms with Gasteiger partial charge in [0.1, 0.15) is 0 Å². The number of amides is 1. The van der Waals surface area contributed by atoms with Crippen LogP contribution in [0.15, 0.2) is 4.42 Å². The van der Waals surface area contributed by atoms with Gasteiger partial charge in [0.2, 0.25) is 11.8 Å². The van der Waals surface area contributed by atoms with Crippen LogP contribution in [0, 0.1) is 5.92 Å². The highest BCUT2D eigenvalue weighted by atomic mass is 16.4. The van der Waals surface area contributed by atoms with E-state index in [1.807, 2.05) is 14.0 Å². The summed E-state index contributed by atoms with van der Waals surface area (Å²) in [6.07, 6.45) is 1.06. The molecule has 108 valence electrons. The normalized spacial score (nSPS) is 12.2. The third-order valence-corrected chi connectivity index (χ3v) is 2.73. The molecule has 1 unspecified atom stereocenters. The van der Waals surface area contributed by atoms with Crippen LogP contribution >= 0.6 is 0 Å². The van der Waals surface area contributed by atoms with Gasteiger partial charge in [-0.15, -0.1) is 5.10 Å². The van der Waals surface area contributed by atoms with Crippen molar-refractivity contribution in [2.45, 2.75) is 26.8 Å². The summed E-state index contributed by atoms with van der Waals surface area (Å²) in [7, 11) is 3.46. The third-order valence-electron chi connectivity index (χ3n) is 2.73. The number of aromatic nitrogens is 2. The summed E-state index contributed by atoms with van der Waals surface area (Å²) in [5, 5.41) is 13.7. The summed E-state index contributed by atoms with van der Waals surface area (Å²) in [5.74, 6) is 0.419. The Balaban J connectivity index is 2.48. The van der Waals surface area contributed by atoms with Crippen LogP contribution in [-0.2, 0) is 11.3 Å². The summed E-state index contributed by atoms with van der Waals surface area (Å²) < 4.78 is 5.52. The maximum atomic E-state index is 11.4. The second kappa shape index (κ2) is 7.73. The van der Waals surface area contributed by atoms with E-state index in [0.29, 0.717) is 25.0 Å². The molecular formula is C12H23N5O2. The quantitative estimate of drug-likeness (QED) is 0.664. The van der Waals surface area contributed by atoms with Crippen LogP contribution in [0.1, 0.15) is 26.2 Å². The summed E-state index contributed by atoms with van der Waals surface area (Å²) in [6, 6.07) is 0.434. The molecule has 0 aromatic carbocycles. The van der Waals surface area contributed by atoms with Crippen LogP contribution in [0.3, 0.4) is 0 Å². The Hall–Kier alpha value is -1.63. The van der Waals surface area contributed by atoms with Crippen LogP contribution in [0.25, 0.3) is 0 Å². The first kappa shape index (κ1) is 15.4. The summed E-state index contributed by atoms with van der Waals surface area (Å²) >= 11 is 0. The van der Waals surface area contributed by atoms with Gasteiger partial charge in [0.05, 0.1) is 12.5 Å². The standard InChI is InChI=1S/C12H23N5O2/c1-5-6-14-7-10-15-16-12(19-10)17(4)8-9(2)11(18)13-3/h9,14H,5-8H2,1-4H3,(H,13,18). The SMILES string of the molecule is CCCNCc1nnc(N(C)CC(C)C(=O)NC)o1. The van der Waals surface area contributed by atoms with E-state index in [1.54, 1.807) is 11.9 Å². The zero-order valence-electron chi connectivity index (χ0n) is 12.1. The average Bonchev–Trinajstić information content (AvgIpc) is 2.87. The molecule has 1 heterocycles. The van der Waals surface area contributed by atoms with Gasteiger partial charge in [-0.2, -0.15) is 0 Å². The van der Waals surface area contributed by atoms with Crippen molar-refractivity contribution >= 4 is 11.9 Å². The lowest BCUT2D eigenvalue weighted by Crippen LogP contribution is -2.34. The first-order valence-electron chi connectivity index (χ1n) is 6.54. The molecule has 7 nitrogen and oxygen atoms in total. The molecule has 1 atom stereocenters. The van der Waals surface area contributed by atoms with Gasteiger partial charge in [-0.05, 0) is 13.0 Å². The van der Waals surface area contributed by atoms with Crippen LogP contribution in [0.5, 0.6) is 0 Å². The van der Waals surface area contributed by atoms with E-state index in [0.717, 1.165) is 13.0 Å². The minimum Gasteiger partial charge on any atom is -0.407 e. The molecule has 0 bridgehead atoms. The highest BCUT2D eigenvalue weighted by Crippen LogP contribution is 2.12. The number of anilines is 1. The topological polar surface area (TPSA) is 83.3 Å². The third kappa shape index (κ3) is 4.86. The lowest BCUT2D eigenvalue weighted by molar-refractivity contribution is -0.123. The van der Waals surface area contributed by atoms with Gasteiger partial charge in [0.15, 0.2) is 0 Å². The predicted octanol–water partition coefficient (Wildman–Crippen LogP) is 0.388. The number of nitrogens with one attached hydrogen (secondary N) is 2. The van der Waals surface area contributed by atoms with Crippen molar-refractivity contribution < 1.29 is 9.21 Å². The van der Waals surface area contributed by atoms with Gasteiger partial charge in [-0.25, -0.2) is 0 Å². The molecule has 2 N–H and O–H groups in total. The summed E-state index contributed by atoms with van der Waals surface area (Å²) in [5.41, 5.74) is 0.